The zero-order valence-corrected chi connectivity index (χ0v) is 20.7. The lowest BCUT2D eigenvalue weighted by Gasteiger charge is -2.26. The number of hydrogen-bond acceptors (Lipinski definition) is 5. The molecule has 1 amide bonds. The zero-order valence-electron chi connectivity index (χ0n) is 19.1. The van der Waals surface area contributed by atoms with Gasteiger partial charge in [0.15, 0.2) is 6.61 Å². The zero-order chi connectivity index (χ0) is 25.0. The Kier molecular flexibility index (Phi) is 7.42. The molecule has 0 aliphatic heterocycles. The highest BCUT2D eigenvalue weighted by Gasteiger charge is 2.26. The Balaban J connectivity index is 1.43. The van der Waals surface area contributed by atoms with Crippen molar-refractivity contribution >= 4 is 39.2 Å². The lowest BCUT2D eigenvalue weighted by atomic mass is 9.88. The predicted octanol–water partition coefficient (Wildman–Crippen LogP) is 4.52. The topological polar surface area (TPSA) is 92.8 Å². The van der Waals surface area contributed by atoms with Gasteiger partial charge in [0.25, 0.3) is 15.9 Å². The summed E-state index contributed by atoms with van der Waals surface area (Å²) < 4.78 is 32.5. The van der Waals surface area contributed by atoms with Crippen molar-refractivity contribution in [3.8, 4) is 0 Å². The summed E-state index contributed by atoms with van der Waals surface area (Å²) in [5.41, 5.74) is 2.70. The number of ether oxygens (including phenoxy) is 1. The molecule has 4 rings (SSSR count). The molecule has 0 heterocycles. The molecule has 1 atom stereocenters. The fourth-order valence-electron chi connectivity index (χ4n) is 4.11. The second-order valence-electron chi connectivity index (χ2n) is 8.24. The first kappa shape index (κ1) is 24.8. The van der Waals surface area contributed by atoms with Crippen LogP contribution in [0.2, 0.25) is 5.02 Å². The van der Waals surface area contributed by atoms with Crippen molar-refractivity contribution in [1.82, 2.24) is 5.32 Å². The lowest BCUT2D eigenvalue weighted by Crippen LogP contribution is -2.34. The number of sulfonamides is 1. The van der Waals surface area contributed by atoms with Crippen LogP contribution in [0.25, 0.3) is 0 Å². The summed E-state index contributed by atoms with van der Waals surface area (Å²) in [6, 6.07) is 20.2. The molecule has 0 unspecified atom stereocenters. The van der Waals surface area contributed by atoms with Gasteiger partial charge in [-0.15, -0.1) is 0 Å². The van der Waals surface area contributed by atoms with E-state index in [0.29, 0.717) is 5.69 Å². The van der Waals surface area contributed by atoms with E-state index >= 15 is 0 Å². The molecular formula is C26H25ClN2O5S. The number of rotatable bonds is 7. The van der Waals surface area contributed by atoms with Crippen LogP contribution in [0.15, 0.2) is 77.7 Å². The van der Waals surface area contributed by atoms with Gasteiger partial charge in [0.2, 0.25) is 0 Å². The molecule has 0 radical (unpaired) electrons. The third-order valence-corrected chi connectivity index (χ3v) is 8.23. The lowest BCUT2D eigenvalue weighted by molar-refractivity contribution is -0.125. The summed E-state index contributed by atoms with van der Waals surface area (Å²) >= 11 is 6.17. The number of anilines is 1. The number of nitrogens with zero attached hydrogens (tertiary/aromatic N) is 1. The van der Waals surface area contributed by atoms with Gasteiger partial charge in [-0.1, -0.05) is 54.1 Å². The van der Waals surface area contributed by atoms with Crippen molar-refractivity contribution in [2.75, 3.05) is 18.0 Å². The molecule has 0 bridgehead atoms. The number of hydrogen-bond donors (Lipinski definition) is 1. The van der Waals surface area contributed by atoms with Crippen LogP contribution in [-0.4, -0.2) is 33.9 Å². The minimum absolute atomic E-state index is 0.0229. The molecule has 35 heavy (non-hydrogen) atoms. The van der Waals surface area contributed by atoms with Crippen LogP contribution >= 0.6 is 11.6 Å². The Hall–Kier alpha value is -3.36. The fraction of sp³-hybridized carbons (Fsp3) is 0.231. The number of nitrogens with one attached hydrogen (secondary N) is 1. The van der Waals surface area contributed by atoms with Gasteiger partial charge in [-0.05, 0) is 60.7 Å². The molecule has 1 aliphatic carbocycles. The molecule has 0 saturated carbocycles. The first-order chi connectivity index (χ1) is 16.8. The maximum absolute atomic E-state index is 13.1. The van der Waals surface area contributed by atoms with Gasteiger partial charge < -0.3 is 10.1 Å². The third kappa shape index (κ3) is 5.49. The average Bonchev–Trinajstić information content (AvgIpc) is 2.87. The first-order valence-corrected chi connectivity index (χ1v) is 13.0. The quantitative estimate of drug-likeness (QED) is 0.470. The molecule has 3 aromatic rings. The number of fused-ring (bicyclic) bond motifs is 1. The first-order valence-electron chi connectivity index (χ1n) is 11.1. The van der Waals surface area contributed by atoms with E-state index in [1.165, 1.54) is 24.7 Å². The monoisotopic (exact) mass is 512 g/mol. The molecular weight excluding hydrogens is 488 g/mol. The van der Waals surface area contributed by atoms with Crippen molar-refractivity contribution in [2.24, 2.45) is 0 Å². The predicted molar refractivity (Wildman–Crippen MR) is 134 cm³/mol. The van der Waals surface area contributed by atoms with Gasteiger partial charge in [0, 0.05) is 7.05 Å². The van der Waals surface area contributed by atoms with Crippen LogP contribution in [0.1, 0.15) is 40.4 Å². The molecule has 0 saturated heterocycles. The summed E-state index contributed by atoms with van der Waals surface area (Å²) in [4.78, 5) is 24.9. The third-order valence-electron chi connectivity index (χ3n) is 5.96. The Morgan fingerprint density at radius 2 is 1.77 bits per heavy atom. The van der Waals surface area contributed by atoms with Crippen LogP contribution in [0.4, 0.5) is 5.69 Å². The minimum Gasteiger partial charge on any atom is -0.452 e. The van der Waals surface area contributed by atoms with E-state index < -0.39 is 28.5 Å². The number of carbonyl (C=O) groups excluding carboxylic acids is 2. The van der Waals surface area contributed by atoms with E-state index in [0.717, 1.165) is 35.2 Å². The smallest absolute Gasteiger partial charge is 0.338 e. The van der Waals surface area contributed by atoms with Crippen LogP contribution in [0.3, 0.4) is 0 Å². The maximum atomic E-state index is 13.1. The van der Waals surface area contributed by atoms with E-state index in [4.69, 9.17) is 16.3 Å². The number of benzene rings is 3. The van der Waals surface area contributed by atoms with Crippen molar-refractivity contribution in [3.05, 3.63) is 94.5 Å². The van der Waals surface area contributed by atoms with E-state index in [9.17, 15) is 18.0 Å². The number of para-hydroxylation sites is 1. The average molecular weight is 513 g/mol. The minimum atomic E-state index is -4.04. The van der Waals surface area contributed by atoms with Crippen LogP contribution in [-0.2, 0) is 26.0 Å². The van der Waals surface area contributed by atoms with Crippen LogP contribution in [0.5, 0.6) is 0 Å². The molecule has 9 heteroatoms. The fourth-order valence-corrected chi connectivity index (χ4v) is 5.80. The Labute approximate surface area is 209 Å². The number of amides is 1. The summed E-state index contributed by atoms with van der Waals surface area (Å²) in [7, 11) is -2.64. The Bertz CT molecular complexity index is 1340. The highest BCUT2D eigenvalue weighted by atomic mass is 35.5. The number of esters is 1. The van der Waals surface area contributed by atoms with Crippen molar-refractivity contribution < 1.29 is 22.7 Å². The molecule has 1 N–H and O–H groups in total. The second kappa shape index (κ2) is 10.5. The molecule has 1 aliphatic rings. The van der Waals surface area contributed by atoms with Gasteiger partial charge in [-0.25, -0.2) is 13.2 Å². The second-order valence-corrected chi connectivity index (χ2v) is 10.6. The Morgan fingerprint density at radius 1 is 1.06 bits per heavy atom. The summed E-state index contributed by atoms with van der Waals surface area (Å²) in [6.45, 7) is -0.480. The molecule has 0 spiro atoms. The number of halogens is 1. The SMILES string of the molecule is CN(c1ccccc1)S(=O)(=O)c1cc(C(=O)OCC(=O)N[C@@H]2CCCc3ccccc32)ccc1Cl. The van der Waals surface area contributed by atoms with Crippen LogP contribution < -0.4 is 9.62 Å². The summed E-state index contributed by atoms with van der Waals surface area (Å²) in [5, 5.41) is 2.89. The van der Waals surface area contributed by atoms with Crippen molar-refractivity contribution in [3.63, 3.8) is 0 Å². The highest BCUT2D eigenvalue weighted by molar-refractivity contribution is 7.93. The van der Waals surface area contributed by atoms with Gasteiger partial charge >= 0.3 is 5.97 Å². The Morgan fingerprint density at radius 3 is 2.54 bits per heavy atom. The van der Waals surface area contributed by atoms with Crippen LogP contribution in [0, 0.1) is 0 Å². The van der Waals surface area contributed by atoms with Gasteiger partial charge in [0.05, 0.1) is 22.3 Å². The van der Waals surface area contributed by atoms with E-state index in [-0.39, 0.29) is 21.5 Å². The highest BCUT2D eigenvalue weighted by Crippen LogP contribution is 2.30. The van der Waals surface area contributed by atoms with Gasteiger partial charge in [0.1, 0.15) is 4.90 Å². The van der Waals surface area contributed by atoms with Gasteiger partial charge in [-0.3, -0.25) is 9.10 Å². The van der Waals surface area contributed by atoms with Crippen molar-refractivity contribution in [2.45, 2.75) is 30.2 Å². The maximum Gasteiger partial charge on any atom is 0.338 e. The standard InChI is InChI=1S/C26H25ClN2O5S/c1-29(20-10-3-2-4-11-20)35(32,33)24-16-19(14-15-22(24)27)26(31)34-17-25(30)28-23-13-7-9-18-8-5-6-12-21(18)23/h2-6,8,10-12,14-16,23H,7,9,13,17H2,1H3,(H,28,30)/t23-/m1/s1. The van der Waals surface area contributed by atoms with E-state index in [1.807, 2.05) is 18.2 Å². The molecule has 0 fully saturated rings. The summed E-state index contributed by atoms with van der Waals surface area (Å²) in [5.74, 6) is -1.25. The molecule has 7 nitrogen and oxygen atoms in total. The number of aryl methyl sites for hydroxylation is 1. The van der Waals surface area contributed by atoms with Gasteiger partial charge in [-0.2, -0.15) is 0 Å². The van der Waals surface area contributed by atoms with Crippen molar-refractivity contribution in [1.29, 1.82) is 0 Å². The largest absolute Gasteiger partial charge is 0.452 e. The van der Waals surface area contributed by atoms with E-state index in [1.54, 1.807) is 30.3 Å². The van der Waals surface area contributed by atoms with E-state index in [2.05, 4.69) is 11.4 Å². The molecule has 0 aromatic heterocycles. The number of carbonyl (C=O) groups is 2. The summed E-state index contributed by atoms with van der Waals surface area (Å²) in [6.07, 6.45) is 2.74. The normalized spacial score (nSPS) is 15.1. The molecule has 182 valence electrons. The molecule has 3 aromatic carbocycles.